The number of sulfone groups is 1. The number of nitrogens with two attached hydrogens (primary N) is 1. The first-order chi connectivity index (χ1) is 17.8. The van der Waals surface area contributed by atoms with Gasteiger partial charge in [-0.15, -0.1) is 0 Å². The quantitative estimate of drug-likeness (QED) is 0.178. The van der Waals surface area contributed by atoms with E-state index in [1.807, 2.05) is 24.3 Å². The van der Waals surface area contributed by atoms with Crippen molar-refractivity contribution in [3.63, 3.8) is 0 Å². The number of benzene rings is 4. The molecule has 0 aliphatic heterocycles. The van der Waals surface area contributed by atoms with Crippen LogP contribution in [0.2, 0.25) is 0 Å². The van der Waals surface area contributed by atoms with Crippen LogP contribution in [-0.2, 0) is 21.1 Å². The molecule has 0 bridgehead atoms. The van der Waals surface area contributed by atoms with Crippen LogP contribution in [0.4, 0.5) is 0 Å². The van der Waals surface area contributed by atoms with Gasteiger partial charge < -0.3 is 15.0 Å². The van der Waals surface area contributed by atoms with Gasteiger partial charge >= 0.3 is 5.97 Å². The maximum absolute atomic E-state index is 13.5. The molecule has 1 heterocycles. The van der Waals surface area contributed by atoms with Crippen LogP contribution >= 0.6 is 0 Å². The molecule has 37 heavy (non-hydrogen) atoms. The first-order valence-corrected chi connectivity index (χ1v) is 13.2. The number of hydrogen-bond donors (Lipinski definition) is 2. The molecule has 0 aliphatic rings. The van der Waals surface area contributed by atoms with Crippen molar-refractivity contribution in [3.8, 4) is 0 Å². The summed E-state index contributed by atoms with van der Waals surface area (Å²) in [5, 5.41) is 10.3. The maximum Gasteiger partial charge on any atom is 0.354 e. The molecule has 5 rings (SSSR count). The van der Waals surface area contributed by atoms with E-state index in [-0.39, 0.29) is 28.8 Å². The third-order valence-electron chi connectivity index (χ3n) is 6.31. The Morgan fingerprint density at radius 1 is 0.892 bits per heavy atom. The van der Waals surface area contributed by atoms with Gasteiger partial charge in [0.25, 0.3) is 0 Å². The molecule has 5 aromatic rings. The molecule has 8 heteroatoms. The van der Waals surface area contributed by atoms with Crippen LogP contribution < -0.4 is 5.73 Å². The van der Waals surface area contributed by atoms with Crippen molar-refractivity contribution < 1.29 is 17.9 Å². The van der Waals surface area contributed by atoms with E-state index >= 15 is 0 Å². The van der Waals surface area contributed by atoms with E-state index in [2.05, 4.69) is 0 Å². The Balaban J connectivity index is 1.73. The van der Waals surface area contributed by atoms with Gasteiger partial charge in [-0.25, -0.2) is 13.2 Å². The number of hydrogen-bond acceptors (Lipinski definition) is 5. The molecule has 0 saturated carbocycles. The second-order valence-corrected chi connectivity index (χ2v) is 10.6. The molecule has 1 aromatic heterocycles. The zero-order valence-corrected chi connectivity index (χ0v) is 21.0. The van der Waals surface area contributed by atoms with E-state index in [1.54, 1.807) is 78.2 Å². The molecule has 0 amide bonds. The molecular formula is C29H25N3O4S. The molecule has 0 spiro atoms. The summed E-state index contributed by atoms with van der Waals surface area (Å²) in [6, 6.07) is 26.2. The predicted molar refractivity (Wildman–Crippen MR) is 144 cm³/mol. The van der Waals surface area contributed by atoms with Gasteiger partial charge in [0.1, 0.15) is 11.5 Å². The van der Waals surface area contributed by atoms with E-state index in [4.69, 9.17) is 15.9 Å². The summed E-state index contributed by atoms with van der Waals surface area (Å²) in [7, 11) is -3.77. The largest absolute Gasteiger partial charge is 0.461 e. The van der Waals surface area contributed by atoms with Gasteiger partial charge in [-0.1, -0.05) is 54.6 Å². The van der Waals surface area contributed by atoms with Gasteiger partial charge in [0.05, 0.1) is 16.4 Å². The Morgan fingerprint density at radius 2 is 1.62 bits per heavy atom. The first-order valence-electron chi connectivity index (χ1n) is 11.8. The molecule has 0 fully saturated rings. The number of rotatable bonds is 7. The van der Waals surface area contributed by atoms with E-state index in [9.17, 15) is 13.2 Å². The van der Waals surface area contributed by atoms with E-state index in [0.29, 0.717) is 16.8 Å². The fourth-order valence-electron chi connectivity index (χ4n) is 4.52. The maximum atomic E-state index is 13.5. The molecule has 0 atom stereocenters. The van der Waals surface area contributed by atoms with Crippen LogP contribution in [0.1, 0.15) is 28.5 Å². The number of fused-ring (bicyclic) bond motifs is 2. The summed E-state index contributed by atoms with van der Waals surface area (Å²) < 4.78 is 34.1. The number of nitrogens with one attached hydrogen (secondary N) is 1. The van der Waals surface area contributed by atoms with Gasteiger partial charge in [-0.3, -0.25) is 5.41 Å². The topological polar surface area (TPSA) is 115 Å². The van der Waals surface area contributed by atoms with Crippen LogP contribution in [0.3, 0.4) is 0 Å². The first kappa shape index (κ1) is 24.3. The van der Waals surface area contributed by atoms with Gasteiger partial charge in [0, 0.05) is 23.0 Å². The molecule has 7 nitrogen and oxygen atoms in total. The second kappa shape index (κ2) is 9.55. The minimum absolute atomic E-state index is 0.0891. The van der Waals surface area contributed by atoms with Crippen molar-refractivity contribution >= 4 is 43.3 Å². The van der Waals surface area contributed by atoms with Crippen LogP contribution in [-0.4, -0.2) is 31.4 Å². The minimum atomic E-state index is -3.77. The van der Waals surface area contributed by atoms with Crippen LogP contribution in [0.15, 0.2) is 101 Å². The van der Waals surface area contributed by atoms with Crippen molar-refractivity contribution in [2.75, 3.05) is 6.61 Å². The number of nitrogens with zero attached hydrogens (tertiary/aromatic N) is 1. The van der Waals surface area contributed by atoms with Gasteiger partial charge in [-0.2, -0.15) is 0 Å². The number of nitrogen functional groups attached to an aromatic ring is 1. The smallest absolute Gasteiger partial charge is 0.354 e. The van der Waals surface area contributed by atoms with E-state index < -0.39 is 15.8 Å². The summed E-state index contributed by atoms with van der Waals surface area (Å²) in [5.74, 6) is -0.575. The summed E-state index contributed by atoms with van der Waals surface area (Å²) >= 11 is 0. The molecule has 0 unspecified atom stereocenters. The van der Waals surface area contributed by atoms with E-state index in [0.717, 1.165) is 21.7 Å². The van der Waals surface area contributed by atoms with Gasteiger partial charge in [-0.05, 0) is 59.7 Å². The van der Waals surface area contributed by atoms with Crippen molar-refractivity contribution in [2.45, 2.75) is 23.3 Å². The number of carbonyl (C=O) groups is 1. The minimum Gasteiger partial charge on any atom is -0.461 e. The standard InChI is InChI=1S/C29H25N3O4S/c1-2-36-29(33)27-16-20-12-13-21(28(30)31)17-26(20)32(27)18-22-15-24(14-19-8-6-7-11-25(19)22)37(34,35)23-9-4-3-5-10-23/h3-17H,2,18H2,1H3,(H3,30,31). The number of esters is 1. The average Bonchev–Trinajstić information content (AvgIpc) is 3.27. The molecule has 3 N–H and O–H groups in total. The monoisotopic (exact) mass is 511 g/mol. The summed E-state index contributed by atoms with van der Waals surface area (Å²) in [6.07, 6.45) is 0. The zero-order valence-electron chi connectivity index (χ0n) is 20.1. The number of amidine groups is 1. The number of aromatic nitrogens is 1. The molecule has 0 aliphatic carbocycles. The fraction of sp³-hybridized carbons (Fsp3) is 0.103. The second-order valence-electron chi connectivity index (χ2n) is 8.64. The van der Waals surface area contributed by atoms with Crippen molar-refractivity contribution in [1.29, 1.82) is 5.41 Å². The Bertz CT molecular complexity index is 1770. The third kappa shape index (κ3) is 4.47. The normalized spacial score (nSPS) is 11.6. The van der Waals surface area contributed by atoms with Crippen molar-refractivity contribution in [3.05, 3.63) is 108 Å². The van der Waals surface area contributed by atoms with Crippen LogP contribution in [0, 0.1) is 5.41 Å². The zero-order chi connectivity index (χ0) is 26.2. The highest BCUT2D eigenvalue weighted by molar-refractivity contribution is 7.91. The lowest BCUT2D eigenvalue weighted by atomic mass is 10.0. The Hall–Kier alpha value is -4.43. The fourth-order valence-corrected chi connectivity index (χ4v) is 5.89. The molecule has 0 saturated heterocycles. The number of ether oxygens (including phenoxy) is 1. The average molecular weight is 512 g/mol. The van der Waals surface area contributed by atoms with Crippen molar-refractivity contribution in [1.82, 2.24) is 4.57 Å². The Kier molecular flexibility index (Phi) is 6.27. The SMILES string of the molecule is CCOC(=O)c1cc2ccc(C(=N)N)cc2n1Cc1cc(S(=O)(=O)c2ccccc2)cc2ccccc12. The van der Waals surface area contributed by atoms with Crippen molar-refractivity contribution in [2.24, 2.45) is 5.73 Å². The highest BCUT2D eigenvalue weighted by Gasteiger charge is 2.22. The Morgan fingerprint density at radius 3 is 2.35 bits per heavy atom. The number of carbonyl (C=O) groups excluding carboxylic acids is 1. The van der Waals surface area contributed by atoms with Crippen LogP contribution in [0.5, 0.6) is 0 Å². The highest BCUT2D eigenvalue weighted by Crippen LogP contribution is 2.30. The lowest BCUT2D eigenvalue weighted by Gasteiger charge is -2.15. The van der Waals surface area contributed by atoms with Gasteiger partial charge in [0.15, 0.2) is 0 Å². The predicted octanol–water partition coefficient (Wildman–Crippen LogP) is 5.14. The van der Waals surface area contributed by atoms with Gasteiger partial charge in [0.2, 0.25) is 9.84 Å². The lowest BCUT2D eigenvalue weighted by Crippen LogP contribution is -2.14. The Labute approximate surface area is 214 Å². The summed E-state index contributed by atoms with van der Waals surface area (Å²) in [5.41, 5.74) is 8.00. The molecule has 0 radical (unpaired) electrons. The summed E-state index contributed by atoms with van der Waals surface area (Å²) in [4.78, 5) is 13.3. The third-order valence-corrected chi connectivity index (χ3v) is 8.06. The molecule has 186 valence electrons. The lowest BCUT2D eigenvalue weighted by molar-refractivity contribution is 0.0515. The highest BCUT2D eigenvalue weighted by atomic mass is 32.2. The molecular weight excluding hydrogens is 486 g/mol. The molecule has 4 aromatic carbocycles. The van der Waals surface area contributed by atoms with E-state index in [1.165, 1.54) is 0 Å². The summed E-state index contributed by atoms with van der Waals surface area (Å²) in [6.45, 7) is 2.16. The van der Waals surface area contributed by atoms with Crippen LogP contribution in [0.25, 0.3) is 21.7 Å².